The van der Waals surface area contributed by atoms with E-state index in [1.165, 1.54) is 0 Å². The van der Waals surface area contributed by atoms with Crippen molar-refractivity contribution in [3.63, 3.8) is 0 Å². The number of hydrogen-bond acceptors (Lipinski definition) is 2. The summed E-state index contributed by atoms with van der Waals surface area (Å²) in [5.41, 5.74) is -0.0831. The highest BCUT2D eigenvalue weighted by molar-refractivity contribution is 6.39. The van der Waals surface area contributed by atoms with E-state index in [9.17, 15) is 18.0 Å². The van der Waals surface area contributed by atoms with Crippen LogP contribution in [0.5, 0.6) is 5.75 Å². The summed E-state index contributed by atoms with van der Waals surface area (Å²) in [5.74, 6) is -1.04. The number of rotatable bonds is 4. The van der Waals surface area contributed by atoms with Crippen molar-refractivity contribution >= 4 is 29.0 Å². The van der Waals surface area contributed by atoms with Crippen molar-refractivity contribution in [1.82, 2.24) is 0 Å². The van der Waals surface area contributed by atoms with Crippen LogP contribution in [0.25, 0.3) is 0 Å². The lowest BCUT2D eigenvalue weighted by Gasteiger charge is -2.12. The van der Waals surface area contributed by atoms with Gasteiger partial charge in [-0.1, -0.05) is 18.5 Å². The zero-order valence-corrected chi connectivity index (χ0v) is 10.7. The van der Waals surface area contributed by atoms with Gasteiger partial charge in [0.15, 0.2) is 5.78 Å². The zero-order valence-electron chi connectivity index (χ0n) is 9.22. The second kappa shape index (κ2) is 5.80. The third-order valence-corrected chi connectivity index (χ3v) is 2.92. The monoisotopic (exact) mass is 300 g/mol. The Labute approximate surface area is 112 Å². The third-order valence-electron chi connectivity index (χ3n) is 2.08. The average molecular weight is 301 g/mol. The van der Waals surface area contributed by atoms with Crippen LogP contribution in [-0.4, -0.2) is 17.5 Å². The van der Waals surface area contributed by atoms with E-state index in [0.717, 1.165) is 18.2 Å². The standard InChI is InChI=1S/C11H9Cl2F3O2/c1-2-8(12)10(17)7-5-6(3-4-9(7)13)18-11(14,15)16/h3-5,8H,2H2,1H3. The predicted molar refractivity (Wildman–Crippen MR) is 62.4 cm³/mol. The number of carbonyl (C=O) groups is 1. The van der Waals surface area contributed by atoms with E-state index in [1.54, 1.807) is 6.92 Å². The van der Waals surface area contributed by atoms with E-state index < -0.39 is 23.3 Å². The van der Waals surface area contributed by atoms with Crippen LogP contribution < -0.4 is 4.74 Å². The topological polar surface area (TPSA) is 26.3 Å². The van der Waals surface area contributed by atoms with Gasteiger partial charge in [0.05, 0.1) is 10.4 Å². The summed E-state index contributed by atoms with van der Waals surface area (Å²) in [5, 5.41) is -0.794. The molecule has 18 heavy (non-hydrogen) atoms. The normalized spacial score (nSPS) is 13.2. The van der Waals surface area contributed by atoms with Gasteiger partial charge in [0, 0.05) is 5.56 Å². The maximum Gasteiger partial charge on any atom is 0.573 e. The van der Waals surface area contributed by atoms with E-state index in [0.29, 0.717) is 6.42 Å². The van der Waals surface area contributed by atoms with Gasteiger partial charge in [-0.25, -0.2) is 0 Å². The first-order valence-electron chi connectivity index (χ1n) is 4.98. The van der Waals surface area contributed by atoms with Gasteiger partial charge < -0.3 is 4.74 Å². The molecular formula is C11H9Cl2F3O2. The van der Waals surface area contributed by atoms with Crippen LogP contribution in [0.15, 0.2) is 18.2 Å². The first-order chi connectivity index (χ1) is 8.24. The number of halogens is 5. The van der Waals surface area contributed by atoms with E-state index in [4.69, 9.17) is 23.2 Å². The highest BCUT2D eigenvalue weighted by atomic mass is 35.5. The summed E-state index contributed by atoms with van der Waals surface area (Å²) >= 11 is 11.5. The Hall–Kier alpha value is -0.940. The van der Waals surface area contributed by atoms with Crippen molar-refractivity contribution in [2.45, 2.75) is 25.1 Å². The molecule has 1 atom stereocenters. The van der Waals surface area contributed by atoms with Crippen molar-refractivity contribution in [2.75, 3.05) is 0 Å². The molecule has 1 aromatic carbocycles. The molecule has 0 aliphatic carbocycles. The van der Waals surface area contributed by atoms with Crippen molar-refractivity contribution in [1.29, 1.82) is 0 Å². The van der Waals surface area contributed by atoms with Crippen LogP contribution >= 0.6 is 23.2 Å². The fourth-order valence-corrected chi connectivity index (χ4v) is 1.57. The molecular weight excluding hydrogens is 292 g/mol. The van der Waals surface area contributed by atoms with Crippen molar-refractivity contribution in [3.8, 4) is 5.75 Å². The lowest BCUT2D eigenvalue weighted by molar-refractivity contribution is -0.274. The largest absolute Gasteiger partial charge is 0.573 e. The first kappa shape index (κ1) is 15.1. The molecule has 0 fully saturated rings. The zero-order chi connectivity index (χ0) is 13.9. The quantitative estimate of drug-likeness (QED) is 0.607. The van der Waals surface area contributed by atoms with Crippen LogP contribution in [0, 0.1) is 0 Å². The van der Waals surface area contributed by atoms with E-state index >= 15 is 0 Å². The molecule has 0 heterocycles. The molecule has 0 aliphatic rings. The molecule has 0 saturated carbocycles. The van der Waals surface area contributed by atoms with Crippen LogP contribution in [0.3, 0.4) is 0 Å². The molecule has 2 nitrogen and oxygen atoms in total. The van der Waals surface area contributed by atoms with Crippen molar-refractivity contribution < 1.29 is 22.7 Å². The minimum atomic E-state index is -4.82. The molecule has 0 amide bonds. The highest BCUT2D eigenvalue weighted by Gasteiger charge is 2.31. The first-order valence-corrected chi connectivity index (χ1v) is 5.79. The Morgan fingerprint density at radius 1 is 1.44 bits per heavy atom. The third kappa shape index (κ3) is 4.07. The molecule has 0 saturated heterocycles. The molecule has 7 heteroatoms. The lowest BCUT2D eigenvalue weighted by atomic mass is 10.1. The van der Waals surface area contributed by atoms with E-state index in [2.05, 4.69) is 4.74 Å². The van der Waals surface area contributed by atoms with Crippen LogP contribution in [0.4, 0.5) is 13.2 Å². The molecule has 1 rings (SSSR count). The average Bonchev–Trinajstić information content (AvgIpc) is 2.28. The highest BCUT2D eigenvalue weighted by Crippen LogP contribution is 2.28. The summed E-state index contributed by atoms with van der Waals surface area (Å²) in [4.78, 5) is 11.8. The van der Waals surface area contributed by atoms with Gasteiger partial charge in [-0.3, -0.25) is 4.79 Å². The predicted octanol–water partition coefficient (Wildman–Crippen LogP) is 4.44. The minimum Gasteiger partial charge on any atom is -0.406 e. The number of hydrogen-bond donors (Lipinski definition) is 0. The minimum absolute atomic E-state index is 0.0358. The van der Waals surface area contributed by atoms with Crippen LogP contribution in [0.1, 0.15) is 23.7 Å². The Morgan fingerprint density at radius 3 is 2.56 bits per heavy atom. The number of ether oxygens (including phenoxy) is 1. The molecule has 0 bridgehead atoms. The number of ketones is 1. The van der Waals surface area contributed by atoms with E-state index in [-0.39, 0.29) is 10.6 Å². The number of carbonyl (C=O) groups excluding carboxylic acids is 1. The maximum atomic E-state index is 12.0. The number of alkyl halides is 4. The molecule has 0 aliphatic heterocycles. The molecule has 0 spiro atoms. The molecule has 100 valence electrons. The second-order valence-electron chi connectivity index (χ2n) is 3.43. The van der Waals surface area contributed by atoms with E-state index in [1.807, 2.05) is 0 Å². The molecule has 1 aromatic rings. The Bertz CT molecular complexity index is 446. The van der Waals surface area contributed by atoms with Gasteiger partial charge in [-0.2, -0.15) is 0 Å². The van der Waals surface area contributed by atoms with Gasteiger partial charge in [0.2, 0.25) is 0 Å². The smallest absolute Gasteiger partial charge is 0.406 e. The fraction of sp³-hybridized carbons (Fsp3) is 0.364. The Morgan fingerprint density at radius 2 is 2.06 bits per heavy atom. The fourth-order valence-electron chi connectivity index (χ4n) is 1.24. The summed E-state index contributed by atoms with van der Waals surface area (Å²) < 4.78 is 39.8. The summed E-state index contributed by atoms with van der Waals surface area (Å²) in [6.45, 7) is 1.68. The van der Waals surface area contributed by atoms with Crippen molar-refractivity contribution in [2.24, 2.45) is 0 Å². The molecule has 0 N–H and O–H groups in total. The van der Waals surface area contributed by atoms with Gasteiger partial charge >= 0.3 is 6.36 Å². The maximum absolute atomic E-state index is 12.0. The van der Waals surface area contributed by atoms with Crippen molar-refractivity contribution in [3.05, 3.63) is 28.8 Å². The SMILES string of the molecule is CCC(Cl)C(=O)c1cc(OC(F)(F)F)ccc1Cl. The second-order valence-corrected chi connectivity index (χ2v) is 4.36. The Balaban J connectivity index is 3.05. The molecule has 0 radical (unpaired) electrons. The van der Waals surface area contributed by atoms with Crippen LogP contribution in [-0.2, 0) is 0 Å². The van der Waals surface area contributed by atoms with Crippen LogP contribution in [0.2, 0.25) is 5.02 Å². The van der Waals surface area contributed by atoms with Gasteiger partial charge in [-0.15, -0.1) is 24.8 Å². The number of Topliss-reactive ketones (excluding diaryl/α,β-unsaturated/α-hetero) is 1. The summed E-state index contributed by atoms with van der Waals surface area (Å²) in [7, 11) is 0. The van der Waals surface area contributed by atoms with Gasteiger partial charge in [-0.05, 0) is 24.6 Å². The Kier molecular flexibility index (Phi) is 4.87. The summed E-state index contributed by atoms with van der Waals surface area (Å²) in [6.07, 6.45) is -4.47. The van der Waals surface area contributed by atoms with Gasteiger partial charge in [0.1, 0.15) is 5.75 Å². The molecule has 0 aromatic heterocycles. The molecule has 1 unspecified atom stereocenters. The number of benzene rings is 1. The van der Waals surface area contributed by atoms with Gasteiger partial charge in [0.25, 0.3) is 0 Å². The lowest BCUT2D eigenvalue weighted by Crippen LogP contribution is -2.18. The summed E-state index contributed by atoms with van der Waals surface area (Å²) in [6, 6.07) is 3.13.